The maximum atomic E-state index is 12.0. The predicted octanol–water partition coefficient (Wildman–Crippen LogP) is -0.920. The van der Waals surface area contributed by atoms with E-state index in [1.165, 1.54) is 90.7 Å². The van der Waals surface area contributed by atoms with E-state index in [0.717, 1.165) is 6.61 Å². The van der Waals surface area contributed by atoms with Crippen LogP contribution in [-0.4, -0.2) is 147 Å². The van der Waals surface area contributed by atoms with Gasteiger partial charge < -0.3 is 59.7 Å². The molecule has 0 saturated carbocycles. The van der Waals surface area contributed by atoms with E-state index < -0.39 is 11.9 Å². The zero-order valence-electron chi connectivity index (χ0n) is 37.1. The van der Waals surface area contributed by atoms with Gasteiger partial charge in [-0.15, -0.1) is 0 Å². The molecule has 1 saturated heterocycles. The molecule has 1 aliphatic heterocycles. The van der Waals surface area contributed by atoms with Gasteiger partial charge in [-0.1, -0.05) is 0 Å². The summed E-state index contributed by atoms with van der Waals surface area (Å²) in [6.45, 7) is 6.89. The number of esters is 1. The van der Waals surface area contributed by atoms with E-state index in [1.807, 2.05) is 0 Å². The summed E-state index contributed by atoms with van der Waals surface area (Å²) in [5.41, 5.74) is 6.37. The molecule has 24 nitrogen and oxygen atoms in total. The number of carbonyl (C=O) groups is 4. The summed E-state index contributed by atoms with van der Waals surface area (Å²) in [6, 6.07) is 0. The van der Waals surface area contributed by atoms with Crippen LogP contribution in [0.15, 0.2) is 37.2 Å². The van der Waals surface area contributed by atoms with E-state index in [4.69, 9.17) is 44.0 Å². The third-order valence-corrected chi connectivity index (χ3v) is 7.55. The van der Waals surface area contributed by atoms with Crippen LogP contribution in [0.1, 0.15) is 72.4 Å². The van der Waals surface area contributed by atoms with E-state index in [0.29, 0.717) is 52.0 Å². The molecule has 0 spiro atoms. The largest absolute Gasteiger partial charge is 1.00 e. The molecule has 1 unspecified atom stereocenters. The van der Waals surface area contributed by atoms with E-state index in [-0.39, 0.29) is 85.9 Å². The number of anilines is 1. The molecule has 344 valence electrons. The number of rotatable bonds is 14. The van der Waals surface area contributed by atoms with E-state index in [2.05, 4.69) is 41.6 Å². The fourth-order valence-electron chi connectivity index (χ4n) is 4.91. The van der Waals surface area contributed by atoms with Gasteiger partial charge in [-0.05, 0) is 33.6 Å². The molecule has 6 rings (SSSR count). The Kier molecular flexibility index (Phi) is 30.0. The minimum atomic E-state index is -1.08. The van der Waals surface area contributed by atoms with Crippen molar-refractivity contribution in [2.45, 2.75) is 59.4 Å². The SMILES string of the molecule is CC1CCCO1.CCOC(=O)c1c(COC)nc2ncc(OC)cn12.COCC(=O)CC(C)=O.COCc1nc2ncc(OC)cn2c1C(=O)O.COc1cnc(N)nc1.O.[Li+].[OH-]. The predicted molar refractivity (Wildman–Crippen MR) is 219 cm³/mol. The van der Waals surface area contributed by atoms with Gasteiger partial charge >= 0.3 is 30.8 Å². The zero-order chi connectivity index (χ0) is 44.6. The number of aromatic nitrogens is 8. The number of ketones is 2. The van der Waals surface area contributed by atoms with Gasteiger partial charge in [0.2, 0.25) is 17.5 Å². The van der Waals surface area contributed by atoms with Gasteiger partial charge in [-0.3, -0.25) is 18.4 Å². The number of nitrogens with two attached hydrogens (primary N) is 1. The first-order valence-corrected chi connectivity index (χ1v) is 18.2. The molecule has 0 aliphatic carbocycles. The number of fused-ring (bicyclic) bond motifs is 2. The first-order valence-electron chi connectivity index (χ1n) is 18.2. The maximum absolute atomic E-state index is 12.0. The number of aromatic carboxylic acids is 1. The van der Waals surface area contributed by atoms with Crippen LogP contribution in [0.3, 0.4) is 0 Å². The van der Waals surface area contributed by atoms with Crippen molar-refractivity contribution < 1.29 is 92.0 Å². The van der Waals surface area contributed by atoms with E-state index in [9.17, 15) is 19.2 Å². The molecule has 5 aromatic heterocycles. The molecule has 63 heavy (non-hydrogen) atoms. The molecular formula is C38H56LiN9O15. The van der Waals surface area contributed by atoms with Crippen LogP contribution in [0.2, 0.25) is 0 Å². The molecular weight excluding hydrogens is 829 g/mol. The number of imidazole rings is 2. The summed E-state index contributed by atoms with van der Waals surface area (Å²) in [5.74, 6) is 0.741. The quantitative estimate of drug-likeness (QED) is 0.0773. The first kappa shape index (κ1) is 59.2. The van der Waals surface area contributed by atoms with Crippen LogP contribution in [-0.2, 0) is 46.5 Å². The normalized spacial score (nSPS) is 12.0. The monoisotopic (exact) mass is 885 g/mol. The second-order valence-corrected chi connectivity index (χ2v) is 12.2. The molecule has 5 aromatic rings. The Bertz CT molecular complexity index is 2110. The molecule has 1 atom stereocenters. The summed E-state index contributed by atoms with van der Waals surface area (Å²) in [4.78, 5) is 67.8. The van der Waals surface area contributed by atoms with Crippen LogP contribution in [0.5, 0.6) is 17.2 Å². The van der Waals surface area contributed by atoms with Gasteiger partial charge in [0.15, 0.2) is 34.4 Å². The average molecular weight is 886 g/mol. The Morgan fingerprint density at radius 2 is 1.27 bits per heavy atom. The van der Waals surface area contributed by atoms with Gasteiger partial charge in [-0.25, -0.2) is 39.5 Å². The Hall–Kier alpha value is -5.84. The second-order valence-electron chi connectivity index (χ2n) is 12.2. The summed E-state index contributed by atoms with van der Waals surface area (Å²) >= 11 is 0. The van der Waals surface area contributed by atoms with Crippen LogP contribution in [0.4, 0.5) is 5.95 Å². The van der Waals surface area contributed by atoms with Crippen molar-refractivity contribution >= 4 is 41.0 Å². The van der Waals surface area contributed by atoms with Gasteiger partial charge in [0, 0.05) is 27.9 Å². The Balaban J connectivity index is 0. The fourth-order valence-corrected chi connectivity index (χ4v) is 4.91. The minimum Gasteiger partial charge on any atom is -0.870 e. The molecule has 1 aliphatic rings. The standard InChI is InChI=1S/C12H15N3O4.C10H11N3O4.C6H10O3.C5H7N3O.C5H10O.Li.2H2O/c1-4-19-11(16)10-9(7-17-2)14-12-13-5-8(18-3)6-15(10)12;1-16-5-7-8(9(14)15)13-4-6(17-2)3-11-10(13)12-7;1-5(7)3-6(8)4-9-2;1-9-4-2-7-5(6)8-3-4;1-5-3-2-4-6-5;;;/h5-6H,4,7H2,1-3H3;3-4H,5H2,1-2H3,(H,14,15);3-4H2,1-2H3;2-3H,1H3,(H2,6,7,8);5H,2-4H2,1H3;;2*1H2/q;;;;;+1;;/p-1. The zero-order valence-corrected chi connectivity index (χ0v) is 37.1. The van der Waals surface area contributed by atoms with Crippen LogP contribution < -0.4 is 38.8 Å². The van der Waals surface area contributed by atoms with Crippen molar-refractivity contribution in [3.63, 3.8) is 0 Å². The topological polar surface area (TPSA) is 336 Å². The molecule has 0 bridgehead atoms. The third-order valence-electron chi connectivity index (χ3n) is 7.55. The van der Waals surface area contributed by atoms with E-state index >= 15 is 0 Å². The molecule has 0 radical (unpaired) electrons. The fraction of sp³-hybridized carbons (Fsp3) is 0.474. The number of carbonyl (C=O) groups excluding carboxylic acids is 3. The van der Waals surface area contributed by atoms with E-state index in [1.54, 1.807) is 24.6 Å². The van der Waals surface area contributed by atoms with Crippen molar-refractivity contribution in [1.29, 1.82) is 0 Å². The van der Waals surface area contributed by atoms with Gasteiger partial charge in [0.1, 0.15) is 23.8 Å². The molecule has 1 fully saturated rings. The smallest absolute Gasteiger partial charge is 0.870 e. The summed E-state index contributed by atoms with van der Waals surface area (Å²) < 4.78 is 42.4. The van der Waals surface area contributed by atoms with Gasteiger partial charge in [0.25, 0.3) is 0 Å². The Morgan fingerprint density at radius 3 is 1.63 bits per heavy atom. The third kappa shape index (κ3) is 19.8. The Morgan fingerprint density at radius 1 is 0.794 bits per heavy atom. The molecule has 6 heterocycles. The molecule has 0 aromatic carbocycles. The van der Waals surface area contributed by atoms with Crippen LogP contribution in [0.25, 0.3) is 11.6 Å². The maximum Gasteiger partial charge on any atom is 1.00 e. The summed E-state index contributed by atoms with van der Waals surface area (Å²) in [7, 11) is 9.00. The number of nitrogens with zero attached hydrogens (tertiary/aromatic N) is 8. The first-order chi connectivity index (χ1) is 28.8. The van der Waals surface area contributed by atoms with Crippen molar-refractivity contribution in [3.8, 4) is 17.2 Å². The number of Topliss-reactive ketones (excluding diaryl/α,β-unsaturated/α-hetero) is 2. The van der Waals surface area contributed by atoms with Gasteiger partial charge in [-0.2, -0.15) is 0 Å². The summed E-state index contributed by atoms with van der Waals surface area (Å²) in [6.07, 6.45) is 12.3. The molecule has 0 amide bonds. The average Bonchev–Trinajstić information content (AvgIpc) is 3.95. The number of methoxy groups -OCH3 is 6. The number of nitrogen functional groups attached to an aromatic ring is 1. The summed E-state index contributed by atoms with van der Waals surface area (Å²) in [5, 5.41) is 9.16. The van der Waals surface area contributed by atoms with Crippen LogP contribution in [0, 0.1) is 0 Å². The number of carboxylic acid groups (broad SMARTS) is 1. The molecule has 25 heteroatoms. The molecule has 6 N–H and O–H groups in total. The van der Waals surface area contributed by atoms with Crippen molar-refractivity contribution in [2.75, 3.05) is 68.2 Å². The number of hydrogen-bond acceptors (Lipinski definition) is 20. The number of ether oxygens (including phenoxy) is 8. The minimum absolute atomic E-state index is 0. The number of carboxylic acids is 1. The van der Waals surface area contributed by atoms with Crippen molar-refractivity contribution in [1.82, 2.24) is 38.7 Å². The Labute approximate surface area is 375 Å². The van der Waals surface area contributed by atoms with Crippen molar-refractivity contribution in [3.05, 3.63) is 60.0 Å². The van der Waals surface area contributed by atoms with Crippen LogP contribution >= 0.6 is 0 Å². The van der Waals surface area contributed by atoms with Gasteiger partial charge in [0.05, 0.1) is 90.9 Å². The second kappa shape index (κ2) is 31.9. The number of hydrogen-bond donors (Lipinski definition) is 2. The van der Waals surface area contributed by atoms with Crippen molar-refractivity contribution in [2.24, 2.45) is 0 Å².